The number of aromatic nitrogens is 1. The lowest BCUT2D eigenvalue weighted by Crippen LogP contribution is -2.49. The number of hydrogen-bond acceptors (Lipinski definition) is 3. The van der Waals surface area contributed by atoms with E-state index in [-0.39, 0.29) is 18.5 Å². The van der Waals surface area contributed by atoms with E-state index in [4.69, 9.17) is 11.6 Å². The van der Waals surface area contributed by atoms with E-state index in [2.05, 4.69) is 10.3 Å². The third-order valence-electron chi connectivity index (χ3n) is 5.31. The Labute approximate surface area is 189 Å². The van der Waals surface area contributed by atoms with Gasteiger partial charge in [0.05, 0.1) is 27.9 Å². The maximum atomic E-state index is 14.5. The van der Waals surface area contributed by atoms with E-state index in [9.17, 15) is 22.7 Å². The van der Waals surface area contributed by atoms with Crippen molar-refractivity contribution in [1.29, 1.82) is 0 Å². The monoisotopic (exact) mass is 466 g/mol. The predicted octanol–water partition coefficient (Wildman–Crippen LogP) is 5.74. The standard InChI is InChI=1S/C24H23ClF4N2O/c1-2-21(32)15-31-23(13-16-6-4-3-5-7-16,22-9-8-19(25)14-30-22)17-10-18(24(27,28)29)12-20(26)11-17/h3-12,14,21,31-32H,2,13,15H2,1H3. The molecular formula is C24H23ClF4N2O. The van der Waals surface area contributed by atoms with E-state index in [1.807, 2.05) is 30.3 Å². The Morgan fingerprint density at radius 2 is 1.72 bits per heavy atom. The Balaban J connectivity index is 2.26. The van der Waals surface area contributed by atoms with E-state index in [1.165, 1.54) is 6.20 Å². The van der Waals surface area contributed by atoms with Crippen molar-refractivity contribution in [3.8, 4) is 0 Å². The lowest BCUT2D eigenvalue weighted by atomic mass is 9.79. The average Bonchev–Trinajstić information content (AvgIpc) is 2.76. The van der Waals surface area contributed by atoms with Gasteiger partial charge in [-0.1, -0.05) is 48.9 Å². The second kappa shape index (κ2) is 9.98. The van der Waals surface area contributed by atoms with Crippen LogP contribution in [0.3, 0.4) is 0 Å². The van der Waals surface area contributed by atoms with Crippen molar-refractivity contribution in [3.63, 3.8) is 0 Å². The molecule has 32 heavy (non-hydrogen) atoms. The van der Waals surface area contributed by atoms with Gasteiger partial charge in [-0.05, 0) is 47.9 Å². The van der Waals surface area contributed by atoms with Crippen LogP contribution in [0.15, 0.2) is 66.9 Å². The molecule has 0 amide bonds. The van der Waals surface area contributed by atoms with Crippen LogP contribution in [-0.2, 0) is 18.1 Å². The van der Waals surface area contributed by atoms with Crippen LogP contribution in [0.2, 0.25) is 5.02 Å². The molecule has 0 spiro atoms. The topological polar surface area (TPSA) is 45.1 Å². The molecule has 1 heterocycles. The third kappa shape index (κ3) is 5.65. The summed E-state index contributed by atoms with van der Waals surface area (Å²) >= 11 is 6.00. The quantitative estimate of drug-likeness (QED) is 0.416. The Bertz CT molecular complexity index is 1030. The number of hydrogen-bond donors (Lipinski definition) is 2. The first-order valence-electron chi connectivity index (χ1n) is 10.1. The minimum atomic E-state index is -4.73. The lowest BCUT2D eigenvalue weighted by molar-refractivity contribution is -0.137. The van der Waals surface area contributed by atoms with Gasteiger partial charge in [0.15, 0.2) is 0 Å². The Hall–Kier alpha value is -2.48. The minimum absolute atomic E-state index is 0.0480. The molecule has 0 aliphatic carbocycles. The van der Waals surface area contributed by atoms with Gasteiger partial charge < -0.3 is 5.11 Å². The van der Waals surface area contributed by atoms with Gasteiger partial charge in [-0.15, -0.1) is 0 Å². The predicted molar refractivity (Wildman–Crippen MR) is 116 cm³/mol. The fourth-order valence-corrected chi connectivity index (χ4v) is 3.67. The highest BCUT2D eigenvalue weighted by Crippen LogP contribution is 2.37. The van der Waals surface area contributed by atoms with Gasteiger partial charge in [-0.25, -0.2) is 4.39 Å². The van der Waals surface area contributed by atoms with Gasteiger partial charge in [0.1, 0.15) is 5.82 Å². The fraction of sp³-hybridized carbons (Fsp3) is 0.292. The summed E-state index contributed by atoms with van der Waals surface area (Å²) in [4.78, 5) is 4.37. The molecule has 2 aromatic carbocycles. The van der Waals surface area contributed by atoms with Gasteiger partial charge in [-0.3, -0.25) is 10.3 Å². The molecule has 0 aliphatic rings. The zero-order valence-electron chi connectivity index (χ0n) is 17.3. The van der Waals surface area contributed by atoms with Gasteiger partial charge in [0.2, 0.25) is 0 Å². The zero-order valence-corrected chi connectivity index (χ0v) is 18.1. The maximum absolute atomic E-state index is 14.5. The summed E-state index contributed by atoms with van der Waals surface area (Å²) in [5, 5.41) is 13.8. The molecule has 0 aliphatic heterocycles. The summed E-state index contributed by atoms with van der Waals surface area (Å²) in [7, 11) is 0. The molecule has 2 unspecified atom stereocenters. The fourth-order valence-electron chi connectivity index (χ4n) is 3.56. The summed E-state index contributed by atoms with van der Waals surface area (Å²) in [6.45, 7) is 1.85. The van der Waals surface area contributed by atoms with E-state index in [0.29, 0.717) is 23.2 Å². The SMILES string of the molecule is CCC(O)CNC(Cc1ccccc1)(c1cc(F)cc(C(F)(F)F)c1)c1ccc(Cl)cn1. The lowest BCUT2D eigenvalue weighted by Gasteiger charge is -2.37. The molecule has 3 nitrogen and oxygen atoms in total. The number of halogens is 5. The highest BCUT2D eigenvalue weighted by atomic mass is 35.5. The summed E-state index contributed by atoms with van der Waals surface area (Å²) in [5.74, 6) is -1.01. The molecule has 0 bridgehead atoms. The van der Waals surface area contributed by atoms with Gasteiger partial charge in [0.25, 0.3) is 0 Å². The summed E-state index contributed by atoms with van der Waals surface area (Å²) in [6.07, 6.45) is -3.50. The zero-order chi connectivity index (χ0) is 23.4. The van der Waals surface area contributed by atoms with Crippen molar-refractivity contribution in [2.24, 2.45) is 0 Å². The summed E-state index contributed by atoms with van der Waals surface area (Å²) < 4.78 is 55.0. The van der Waals surface area contributed by atoms with E-state index < -0.39 is 29.2 Å². The largest absolute Gasteiger partial charge is 0.416 e. The van der Waals surface area contributed by atoms with E-state index in [1.54, 1.807) is 19.1 Å². The number of aliphatic hydroxyl groups excluding tert-OH is 1. The van der Waals surface area contributed by atoms with Crippen LogP contribution in [0, 0.1) is 5.82 Å². The molecule has 3 aromatic rings. The van der Waals surface area contributed by atoms with Crippen molar-refractivity contribution in [3.05, 3.63) is 100 Å². The van der Waals surface area contributed by atoms with Crippen molar-refractivity contribution >= 4 is 11.6 Å². The molecular weight excluding hydrogens is 444 g/mol. The number of alkyl halides is 3. The van der Waals surface area contributed by atoms with Crippen LogP contribution in [0.5, 0.6) is 0 Å². The van der Waals surface area contributed by atoms with Crippen LogP contribution in [-0.4, -0.2) is 22.7 Å². The normalized spacial score (nSPS) is 14.7. The number of nitrogens with zero attached hydrogens (tertiary/aromatic N) is 1. The van der Waals surface area contributed by atoms with Gasteiger partial charge in [-0.2, -0.15) is 13.2 Å². The first-order valence-corrected chi connectivity index (χ1v) is 10.5. The molecule has 0 saturated carbocycles. The molecule has 2 atom stereocenters. The van der Waals surface area contributed by atoms with E-state index >= 15 is 0 Å². The molecule has 3 rings (SSSR count). The number of rotatable bonds is 8. The molecule has 0 radical (unpaired) electrons. The maximum Gasteiger partial charge on any atom is 0.416 e. The van der Waals surface area contributed by atoms with Crippen LogP contribution >= 0.6 is 11.6 Å². The van der Waals surface area contributed by atoms with Crippen molar-refractivity contribution in [2.75, 3.05) is 6.54 Å². The molecule has 0 fully saturated rings. The highest BCUT2D eigenvalue weighted by molar-refractivity contribution is 6.30. The second-order valence-corrected chi connectivity index (χ2v) is 8.04. The summed E-state index contributed by atoms with van der Waals surface area (Å²) in [5.41, 5.74) is -1.26. The molecule has 170 valence electrons. The Morgan fingerprint density at radius 3 is 2.31 bits per heavy atom. The second-order valence-electron chi connectivity index (χ2n) is 7.60. The first-order chi connectivity index (χ1) is 15.1. The van der Waals surface area contributed by atoms with Crippen molar-refractivity contribution in [2.45, 2.75) is 37.6 Å². The Morgan fingerprint density at radius 1 is 1.03 bits per heavy atom. The summed E-state index contributed by atoms with van der Waals surface area (Å²) in [6, 6.07) is 14.7. The van der Waals surface area contributed by atoms with E-state index in [0.717, 1.165) is 17.7 Å². The van der Waals surface area contributed by atoms with Crippen molar-refractivity contribution in [1.82, 2.24) is 10.3 Å². The third-order valence-corrected chi connectivity index (χ3v) is 5.53. The molecule has 8 heteroatoms. The number of aliphatic hydroxyl groups is 1. The van der Waals surface area contributed by atoms with Crippen LogP contribution in [0.4, 0.5) is 17.6 Å². The minimum Gasteiger partial charge on any atom is -0.392 e. The molecule has 2 N–H and O–H groups in total. The van der Waals surface area contributed by atoms with Gasteiger partial charge >= 0.3 is 6.18 Å². The van der Waals surface area contributed by atoms with Crippen molar-refractivity contribution < 1.29 is 22.7 Å². The van der Waals surface area contributed by atoms with Crippen LogP contribution in [0.25, 0.3) is 0 Å². The number of benzene rings is 2. The number of nitrogens with one attached hydrogen (secondary N) is 1. The Kier molecular flexibility index (Phi) is 7.54. The average molecular weight is 467 g/mol. The highest BCUT2D eigenvalue weighted by Gasteiger charge is 2.39. The van der Waals surface area contributed by atoms with Crippen LogP contribution in [0.1, 0.15) is 35.7 Å². The van der Waals surface area contributed by atoms with Gasteiger partial charge in [0, 0.05) is 19.2 Å². The van der Waals surface area contributed by atoms with Crippen LogP contribution < -0.4 is 5.32 Å². The first kappa shape index (κ1) is 24.2. The molecule has 0 saturated heterocycles. The molecule has 1 aromatic heterocycles. The smallest absolute Gasteiger partial charge is 0.392 e. The number of pyridine rings is 1.